The number of nitrogens with one attached hydrogen (secondary N) is 1. The molecule has 0 amide bonds. The van der Waals surface area contributed by atoms with Gasteiger partial charge >= 0.3 is 0 Å². The summed E-state index contributed by atoms with van der Waals surface area (Å²) in [6, 6.07) is 6.07. The third-order valence-corrected chi connectivity index (χ3v) is 3.29. The number of oxazole rings is 1. The Bertz CT molecular complexity index is 701. The van der Waals surface area contributed by atoms with Gasteiger partial charge in [0.05, 0.1) is 29.5 Å². The Hall–Kier alpha value is -2.14. The van der Waals surface area contributed by atoms with Gasteiger partial charge < -0.3 is 9.73 Å². The lowest BCUT2D eigenvalue weighted by Crippen LogP contribution is -2.19. The number of pyridine rings is 1. The van der Waals surface area contributed by atoms with E-state index in [0.717, 1.165) is 29.8 Å². The largest absolute Gasteiger partial charge is 0.439 e. The van der Waals surface area contributed by atoms with Gasteiger partial charge in [0.2, 0.25) is 5.89 Å². The molecule has 5 nitrogen and oxygen atoms in total. The number of fused-ring (bicyclic) bond motifs is 1. The maximum Gasteiger partial charge on any atom is 0.211 e. The van der Waals surface area contributed by atoms with Crippen LogP contribution in [-0.2, 0) is 0 Å². The molecule has 1 N–H and O–H groups in total. The second kappa shape index (κ2) is 5.46. The van der Waals surface area contributed by atoms with Gasteiger partial charge in [-0.3, -0.25) is 0 Å². The van der Waals surface area contributed by atoms with Crippen LogP contribution >= 0.6 is 0 Å². The SMILES string of the molecule is CCCNC(C)c1ncc(-c2cnn3ccccc23)o1. The van der Waals surface area contributed by atoms with Crippen molar-refractivity contribution in [2.24, 2.45) is 0 Å². The van der Waals surface area contributed by atoms with E-state index in [4.69, 9.17) is 4.42 Å². The second-order valence-electron chi connectivity index (χ2n) is 4.83. The zero-order valence-corrected chi connectivity index (χ0v) is 11.7. The smallest absolute Gasteiger partial charge is 0.211 e. The fraction of sp³-hybridized carbons (Fsp3) is 0.333. The average molecular weight is 270 g/mol. The molecule has 0 saturated carbocycles. The molecular weight excluding hydrogens is 252 g/mol. The first kappa shape index (κ1) is 12.9. The van der Waals surface area contributed by atoms with Gasteiger partial charge in [-0.05, 0) is 32.0 Å². The fourth-order valence-electron chi connectivity index (χ4n) is 2.18. The van der Waals surface area contributed by atoms with E-state index >= 15 is 0 Å². The highest BCUT2D eigenvalue weighted by molar-refractivity contribution is 5.76. The number of aromatic nitrogens is 3. The molecule has 3 rings (SSSR count). The monoisotopic (exact) mass is 270 g/mol. The molecule has 0 aliphatic heterocycles. The van der Waals surface area contributed by atoms with E-state index in [-0.39, 0.29) is 6.04 Å². The Morgan fingerprint density at radius 1 is 1.35 bits per heavy atom. The fourth-order valence-corrected chi connectivity index (χ4v) is 2.18. The summed E-state index contributed by atoms with van der Waals surface area (Å²) >= 11 is 0. The van der Waals surface area contributed by atoms with Crippen LogP contribution < -0.4 is 5.32 Å². The van der Waals surface area contributed by atoms with E-state index in [9.17, 15) is 0 Å². The van der Waals surface area contributed by atoms with E-state index in [0.29, 0.717) is 5.89 Å². The van der Waals surface area contributed by atoms with Gasteiger partial charge in [0.15, 0.2) is 5.76 Å². The minimum atomic E-state index is 0.116. The van der Waals surface area contributed by atoms with Crippen molar-refractivity contribution in [3.8, 4) is 11.3 Å². The van der Waals surface area contributed by atoms with Crippen LogP contribution in [0.2, 0.25) is 0 Å². The predicted octanol–water partition coefficient (Wildman–Crippen LogP) is 3.05. The highest BCUT2D eigenvalue weighted by Gasteiger charge is 2.15. The van der Waals surface area contributed by atoms with E-state index in [1.165, 1.54) is 0 Å². The molecule has 1 atom stereocenters. The van der Waals surface area contributed by atoms with Crippen molar-refractivity contribution in [2.45, 2.75) is 26.3 Å². The van der Waals surface area contributed by atoms with E-state index in [1.807, 2.05) is 35.1 Å². The van der Waals surface area contributed by atoms with Crippen molar-refractivity contribution >= 4 is 5.52 Å². The van der Waals surface area contributed by atoms with Crippen molar-refractivity contribution in [2.75, 3.05) is 6.54 Å². The lowest BCUT2D eigenvalue weighted by molar-refractivity contribution is 0.423. The first-order chi connectivity index (χ1) is 9.79. The van der Waals surface area contributed by atoms with E-state index < -0.39 is 0 Å². The van der Waals surface area contributed by atoms with Gasteiger partial charge in [-0.15, -0.1) is 0 Å². The molecule has 104 valence electrons. The summed E-state index contributed by atoms with van der Waals surface area (Å²) in [6.45, 7) is 5.15. The molecule has 20 heavy (non-hydrogen) atoms. The molecule has 5 heteroatoms. The first-order valence-electron chi connectivity index (χ1n) is 6.91. The lowest BCUT2D eigenvalue weighted by Gasteiger charge is -2.08. The molecule has 0 spiro atoms. The molecule has 0 aliphatic rings. The summed E-state index contributed by atoms with van der Waals surface area (Å²) in [5.41, 5.74) is 1.98. The number of hydrogen-bond acceptors (Lipinski definition) is 4. The van der Waals surface area contributed by atoms with Crippen LogP contribution in [-0.4, -0.2) is 21.1 Å². The molecule has 3 heterocycles. The summed E-state index contributed by atoms with van der Waals surface area (Å²) in [6.07, 6.45) is 6.58. The third kappa shape index (κ3) is 2.32. The summed E-state index contributed by atoms with van der Waals surface area (Å²) in [4.78, 5) is 4.37. The van der Waals surface area contributed by atoms with E-state index in [1.54, 1.807) is 6.20 Å². The maximum atomic E-state index is 5.87. The summed E-state index contributed by atoms with van der Waals surface area (Å²) in [5.74, 6) is 1.47. The predicted molar refractivity (Wildman–Crippen MR) is 77.4 cm³/mol. The van der Waals surface area contributed by atoms with Crippen LogP contribution in [0.1, 0.15) is 32.2 Å². The van der Waals surface area contributed by atoms with Crippen molar-refractivity contribution in [1.82, 2.24) is 19.9 Å². The zero-order chi connectivity index (χ0) is 13.9. The van der Waals surface area contributed by atoms with Crippen molar-refractivity contribution in [3.05, 3.63) is 42.7 Å². The van der Waals surface area contributed by atoms with Gasteiger partial charge in [0.25, 0.3) is 0 Å². The molecule has 0 radical (unpaired) electrons. The molecule has 0 aromatic carbocycles. The Morgan fingerprint density at radius 3 is 3.10 bits per heavy atom. The number of nitrogens with zero attached hydrogens (tertiary/aromatic N) is 3. The van der Waals surface area contributed by atoms with E-state index in [2.05, 4.69) is 29.2 Å². The minimum absolute atomic E-state index is 0.116. The van der Waals surface area contributed by atoms with Crippen LogP contribution in [0.3, 0.4) is 0 Å². The van der Waals surface area contributed by atoms with Crippen LogP contribution in [0.4, 0.5) is 0 Å². The second-order valence-corrected chi connectivity index (χ2v) is 4.83. The molecule has 0 fully saturated rings. The molecule has 0 aliphatic carbocycles. The lowest BCUT2D eigenvalue weighted by atomic mass is 10.2. The molecule has 3 aromatic rings. The summed E-state index contributed by atoms with van der Waals surface area (Å²) in [5, 5.41) is 7.68. The van der Waals surface area contributed by atoms with Gasteiger partial charge in [0.1, 0.15) is 0 Å². The maximum absolute atomic E-state index is 5.87. The Labute approximate surface area is 117 Å². The van der Waals surface area contributed by atoms with Crippen LogP contribution in [0.25, 0.3) is 16.8 Å². The van der Waals surface area contributed by atoms with Gasteiger partial charge in [-0.2, -0.15) is 5.10 Å². The normalized spacial score (nSPS) is 12.9. The molecule has 1 unspecified atom stereocenters. The molecule has 0 bridgehead atoms. The number of hydrogen-bond donors (Lipinski definition) is 1. The van der Waals surface area contributed by atoms with Crippen LogP contribution in [0.15, 0.2) is 41.2 Å². The quantitative estimate of drug-likeness (QED) is 0.774. The highest BCUT2D eigenvalue weighted by atomic mass is 16.4. The van der Waals surface area contributed by atoms with Crippen molar-refractivity contribution in [3.63, 3.8) is 0 Å². The van der Waals surface area contributed by atoms with Gasteiger partial charge in [-0.1, -0.05) is 13.0 Å². The van der Waals surface area contributed by atoms with Crippen molar-refractivity contribution in [1.29, 1.82) is 0 Å². The molecule has 0 saturated heterocycles. The van der Waals surface area contributed by atoms with Crippen molar-refractivity contribution < 1.29 is 4.42 Å². The van der Waals surface area contributed by atoms with Crippen LogP contribution in [0, 0.1) is 0 Å². The Morgan fingerprint density at radius 2 is 2.25 bits per heavy atom. The first-order valence-corrected chi connectivity index (χ1v) is 6.91. The highest BCUT2D eigenvalue weighted by Crippen LogP contribution is 2.26. The topological polar surface area (TPSA) is 55.4 Å². The van der Waals surface area contributed by atoms with Gasteiger partial charge in [0, 0.05) is 6.20 Å². The molecule has 3 aromatic heterocycles. The summed E-state index contributed by atoms with van der Waals surface area (Å²) < 4.78 is 7.70. The third-order valence-electron chi connectivity index (χ3n) is 3.29. The Kier molecular flexibility index (Phi) is 3.52. The summed E-state index contributed by atoms with van der Waals surface area (Å²) in [7, 11) is 0. The molecular formula is C15H18N4O. The minimum Gasteiger partial charge on any atom is -0.439 e. The number of rotatable bonds is 5. The van der Waals surface area contributed by atoms with Gasteiger partial charge in [-0.25, -0.2) is 9.50 Å². The van der Waals surface area contributed by atoms with Crippen LogP contribution in [0.5, 0.6) is 0 Å². The zero-order valence-electron chi connectivity index (χ0n) is 11.7. The Balaban J connectivity index is 1.90. The average Bonchev–Trinajstić information content (AvgIpc) is 3.10. The standard InChI is InChI=1S/C15H18N4O/c1-3-7-16-11(2)15-17-10-14(20-15)12-9-18-19-8-5-4-6-13(12)19/h4-6,8-11,16H,3,7H2,1-2H3.